The van der Waals surface area contributed by atoms with Crippen LogP contribution in [0.1, 0.15) is 49.2 Å². The Morgan fingerprint density at radius 2 is 2.05 bits per heavy atom. The lowest BCUT2D eigenvalue weighted by molar-refractivity contribution is -0.117. The molecule has 20 heavy (non-hydrogen) atoms. The molecule has 1 aromatic carbocycles. The Bertz CT molecular complexity index is 556. The molecule has 3 unspecified atom stereocenters. The van der Waals surface area contributed by atoms with E-state index in [0.29, 0.717) is 0 Å². The summed E-state index contributed by atoms with van der Waals surface area (Å²) in [5.74, 6) is -0.944. The van der Waals surface area contributed by atoms with Crippen LogP contribution in [0.15, 0.2) is 18.2 Å². The van der Waals surface area contributed by atoms with Gasteiger partial charge in [-0.2, -0.15) is 0 Å². The number of fused-ring (bicyclic) bond motifs is 1. The molecule has 1 heterocycles. The zero-order valence-corrected chi connectivity index (χ0v) is 12.0. The van der Waals surface area contributed by atoms with E-state index >= 15 is 0 Å². The van der Waals surface area contributed by atoms with Gasteiger partial charge in [-0.25, -0.2) is 4.79 Å². The van der Waals surface area contributed by atoms with Crippen LogP contribution in [-0.2, 0) is 4.79 Å². The molecule has 5 heteroatoms. The number of benzene rings is 1. The van der Waals surface area contributed by atoms with E-state index in [9.17, 15) is 9.59 Å². The summed E-state index contributed by atoms with van der Waals surface area (Å²) in [5, 5.41) is 9.09. The molecular formula is C15H20N2O3. The number of hydrogen-bond acceptors (Lipinski definition) is 3. The summed E-state index contributed by atoms with van der Waals surface area (Å²) in [7, 11) is 0. The molecule has 1 aliphatic rings. The SMILES string of the molecule is CCC1C(C)C(N)c2cc(C(=O)O)ccc2N1C(C)=O. The fraction of sp³-hybridized carbons (Fsp3) is 0.467. The van der Waals surface area contributed by atoms with Gasteiger partial charge >= 0.3 is 5.97 Å². The van der Waals surface area contributed by atoms with Gasteiger partial charge in [-0.05, 0) is 36.1 Å². The van der Waals surface area contributed by atoms with Crippen molar-refractivity contribution in [2.75, 3.05) is 4.90 Å². The molecule has 1 aliphatic heterocycles. The van der Waals surface area contributed by atoms with Crippen LogP contribution in [0, 0.1) is 5.92 Å². The van der Waals surface area contributed by atoms with Gasteiger partial charge in [0.15, 0.2) is 0 Å². The molecule has 1 aromatic rings. The van der Waals surface area contributed by atoms with Crippen molar-refractivity contribution >= 4 is 17.6 Å². The molecule has 0 saturated carbocycles. The van der Waals surface area contributed by atoms with Crippen molar-refractivity contribution in [1.29, 1.82) is 0 Å². The first-order valence-electron chi connectivity index (χ1n) is 6.81. The van der Waals surface area contributed by atoms with Gasteiger partial charge in [-0.15, -0.1) is 0 Å². The number of anilines is 1. The highest BCUT2D eigenvalue weighted by molar-refractivity contribution is 5.95. The van der Waals surface area contributed by atoms with Gasteiger partial charge in [0.1, 0.15) is 0 Å². The quantitative estimate of drug-likeness (QED) is 0.867. The predicted octanol–water partition coefficient (Wildman–Crippen LogP) is 2.17. The summed E-state index contributed by atoms with van der Waals surface area (Å²) in [6, 6.07) is 4.58. The normalized spacial score (nSPS) is 25.2. The fourth-order valence-electron chi connectivity index (χ4n) is 3.07. The molecule has 0 bridgehead atoms. The molecule has 0 fully saturated rings. The van der Waals surface area contributed by atoms with Crippen molar-refractivity contribution in [3.8, 4) is 0 Å². The van der Waals surface area contributed by atoms with Crippen molar-refractivity contribution in [3.05, 3.63) is 29.3 Å². The number of carbonyl (C=O) groups excluding carboxylic acids is 1. The predicted molar refractivity (Wildman–Crippen MR) is 76.7 cm³/mol. The van der Waals surface area contributed by atoms with E-state index < -0.39 is 5.97 Å². The lowest BCUT2D eigenvalue weighted by Crippen LogP contribution is -2.50. The highest BCUT2D eigenvalue weighted by Gasteiger charge is 2.38. The summed E-state index contributed by atoms with van der Waals surface area (Å²) < 4.78 is 0. The van der Waals surface area contributed by atoms with Gasteiger partial charge in [-0.3, -0.25) is 4.79 Å². The van der Waals surface area contributed by atoms with Crippen molar-refractivity contribution in [2.45, 2.75) is 39.3 Å². The maximum absolute atomic E-state index is 12.0. The van der Waals surface area contributed by atoms with Gasteiger partial charge in [0.25, 0.3) is 0 Å². The van der Waals surface area contributed by atoms with Crippen LogP contribution in [0.25, 0.3) is 0 Å². The second-order valence-electron chi connectivity index (χ2n) is 5.33. The molecule has 1 amide bonds. The minimum Gasteiger partial charge on any atom is -0.478 e. The molecule has 0 radical (unpaired) electrons. The van der Waals surface area contributed by atoms with Gasteiger partial charge in [0.05, 0.1) is 5.56 Å². The summed E-state index contributed by atoms with van der Waals surface area (Å²) in [4.78, 5) is 24.8. The average molecular weight is 276 g/mol. The number of nitrogens with zero attached hydrogens (tertiary/aromatic N) is 1. The monoisotopic (exact) mass is 276 g/mol. The Balaban J connectivity index is 2.61. The lowest BCUT2D eigenvalue weighted by atomic mass is 9.81. The van der Waals surface area contributed by atoms with Gasteiger partial charge in [0, 0.05) is 24.7 Å². The number of amides is 1. The van der Waals surface area contributed by atoms with Crippen LogP contribution in [0.2, 0.25) is 0 Å². The number of hydrogen-bond donors (Lipinski definition) is 2. The molecule has 3 N–H and O–H groups in total. The first kappa shape index (κ1) is 14.5. The van der Waals surface area contributed by atoms with Crippen LogP contribution >= 0.6 is 0 Å². The molecule has 0 aliphatic carbocycles. The smallest absolute Gasteiger partial charge is 0.335 e. The number of rotatable bonds is 2. The molecule has 0 aromatic heterocycles. The topological polar surface area (TPSA) is 83.6 Å². The Labute approximate surface area is 118 Å². The van der Waals surface area contributed by atoms with Crippen molar-refractivity contribution < 1.29 is 14.7 Å². The van der Waals surface area contributed by atoms with Crippen LogP contribution in [0.3, 0.4) is 0 Å². The zero-order chi connectivity index (χ0) is 15.0. The van der Waals surface area contributed by atoms with Gasteiger partial charge < -0.3 is 15.7 Å². The molecule has 3 atom stereocenters. The Kier molecular flexibility index (Phi) is 3.81. The number of carboxylic acids is 1. The number of carboxylic acid groups (broad SMARTS) is 1. The summed E-state index contributed by atoms with van der Waals surface area (Å²) in [5.41, 5.74) is 7.92. The summed E-state index contributed by atoms with van der Waals surface area (Å²) in [6.45, 7) is 5.56. The third-order valence-electron chi connectivity index (χ3n) is 4.16. The van der Waals surface area contributed by atoms with E-state index in [1.54, 1.807) is 17.0 Å². The number of nitrogens with two attached hydrogens (primary N) is 1. The summed E-state index contributed by atoms with van der Waals surface area (Å²) >= 11 is 0. The first-order chi connectivity index (χ1) is 9.38. The molecule has 0 spiro atoms. The van der Waals surface area contributed by atoms with Gasteiger partial charge in [0.2, 0.25) is 5.91 Å². The van der Waals surface area contributed by atoms with Crippen LogP contribution in [0.4, 0.5) is 5.69 Å². The molecular weight excluding hydrogens is 256 g/mol. The Morgan fingerprint density at radius 3 is 2.55 bits per heavy atom. The van der Waals surface area contributed by atoms with E-state index in [1.807, 2.05) is 13.8 Å². The van der Waals surface area contributed by atoms with Crippen LogP contribution in [0.5, 0.6) is 0 Å². The standard InChI is InChI=1S/C15H20N2O3/c1-4-12-8(2)14(16)11-7-10(15(19)20)5-6-13(11)17(12)9(3)18/h5-8,12,14H,4,16H2,1-3H3,(H,19,20). The maximum Gasteiger partial charge on any atom is 0.335 e. The van der Waals surface area contributed by atoms with Crippen molar-refractivity contribution in [2.24, 2.45) is 11.7 Å². The largest absolute Gasteiger partial charge is 0.478 e. The Hall–Kier alpha value is -1.88. The van der Waals surface area contributed by atoms with E-state index in [1.165, 1.54) is 13.0 Å². The third kappa shape index (κ3) is 2.18. The van der Waals surface area contributed by atoms with Gasteiger partial charge in [-0.1, -0.05) is 13.8 Å². The van der Waals surface area contributed by atoms with Crippen molar-refractivity contribution in [1.82, 2.24) is 0 Å². The van der Waals surface area contributed by atoms with Crippen LogP contribution in [-0.4, -0.2) is 23.0 Å². The van der Waals surface area contributed by atoms with E-state index in [2.05, 4.69) is 0 Å². The number of aromatic carboxylic acids is 1. The third-order valence-corrected chi connectivity index (χ3v) is 4.16. The highest BCUT2D eigenvalue weighted by atomic mass is 16.4. The minimum atomic E-state index is -0.986. The molecule has 2 rings (SSSR count). The Morgan fingerprint density at radius 1 is 1.40 bits per heavy atom. The molecule has 108 valence electrons. The highest BCUT2D eigenvalue weighted by Crippen LogP contribution is 2.40. The van der Waals surface area contributed by atoms with E-state index in [4.69, 9.17) is 10.8 Å². The minimum absolute atomic E-state index is 0.0417. The zero-order valence-electron chi connectivity index (χ0n) is 12.0. The number of carbonyl (C=O) groups is 2. The second-order valence-corrected chi connectivity index (χ2v) is 5.33. The molecule has 5 nitrogen and oxygen atoms in total. The average Bonchev–Trinajstić information content (AvgIpc) is 2.41. The fourth-order valence-corrected chi connectivity index (χ4v) is 3.07. The van der Waals surface area contributed by atoms with Crippen LogP contribution < -0.4 is 10.6 Å². The summed E-state index contributed by atoms with van der Waals surface area (Å²) in [6.07, 6.45) is 0.814. The maximum atomic E-state index is 12.0. The van der Waals surface area contributed by atoms with Crippen molar-refractivity contribution in [3.63, 3.8) is 0 Å². The first-order valence-corrected chi connectivity index (χ1v) is 6.81. The molecule has 0 saturated heterocycles. The van der Waals surface area contributed by atoms with E-state index in [0.717, 1.165) is 17.7 Å². The second kappa shape index (κ2) is 5.25. The van der Waals surface area contributed by atoms with E-state index in [-0.39, 0.29) is 29.5 Å². The lowest BCUT2D eigenvalue weighted by Gasteiger charge is -2.43.